The molecular weight excluding hydrogens is 179 g/mol. The largest absolute Gasteiger partial charge is 0.359 e. The van der Waals surface area contributed by atoms with E-state index in [0.29, 0.717) is 0 Å². The Morgan fingerprint density at radius 2 is 2.31 bits per heavy atom. The number of H-pyrrole nitrogens is 2. The van der Waals surface area contributed by atoms with Gasteiger partial charge in [0, 0.05) is 0 Å². The van der Waals surface area contributed by atoms with Gasteiger partial charge in [0.2, 0.25) is 5.82 Å². The van der Waals surface area contributed by atoms with E-state index in [4.69, 9.17) is 0 Å². The number of nitrogens with zero attached hydrogens (tertiary/aromatic N) is 1. The van der Waals surface area contributed by atoms with Crippen LogP contribution < -0.4 is 16.6 Å². The van der Waals surface area contributed by atoms with Gasteiger partial charge >= 0.3 is 5.69 Å². The molecule has 7 heteroatoms. The summed E-state index contributed by atoms with van der Waals surface area (Å²) in [5.74, 6) is -0.0928. The number of hydrogen-bond acceptors (Lipinski definition) is 4. The van der Waals surface area contributed by atoms with Crippen molar-refractivity contribution < 1.29 is 4.39 Å². The van der Waals surface area contributed by atoms with Gasteiger partial charge in [0.05, 0.1) is 6.04 Å². The third-order valence-corrected chi connectivity index (χ3v) is 1.33. The third kappa shape index (κ3) is 2.39. The lowest BCUT2D eigenvalue weighted by Crippen LogP contribution is -2.30. The predicted octanol–water partition coefficient (Wildman–Crippen LogP) is -0.772. The summed E-state index contributed by atoms with van der Waals surface area (Å²) in [6, 6.07) is -0.514. The highest BCUT2D eigenvalue weighted by Gasteiger charge is 2.05. The Kier molecular flexibility index (Phi) is 2.78. The van der Waals surface area contributed by atoms with Gasteiger partial charge in [-0.3, -0.25) is 9.78 Å². The van der Waals surface area contributed by atoms with Crippen molar-refractivity contribution in [1.29, 1.82) is 0 Å². The predicted molar refractivity (Wildman–Crippen MR) is 44.5 cm³/mol. The van der Waals surface area contributed by atoms with Gasteiger partial charge < -0.3 is 5.32 Å². The van der Waals surface area contributed by atoms with E-state index in [-0.39, 0.29) is 5.82 Å². The molecule has 0 saturated heterocycles. The molecule has 6 nitrogen and oxygen atoms in total. The smallest absolute Gasteiger partial charge is 0.342 e. The molecule has 0 radical (unpaired) electrons. The number of halogens is 1. The van der Waals surface area contributed by atoms with E-state index in [1.54, 1.807) is 6.92 Å². The minimum atomic E-state index is -0.691. The summed E-state index contributed by atoms with van der Waals surface area (Å²) >= 11 is 0. The molecule has 0 amide bonds. The van der Waals surface area contributed by atoms with Crippen molar-refractivity contribution in [2.45, 2.75) is 13.0 Å². The summed E-state index contributed by atoms with van der Waals surface area (Å²) in [7, 11) is 0. The number of nitrogens with one attached hydrogen (secondary N) is 3. The molecule has 13 heavy (non-hydrogen) atoms. The standard InChI is InChI=1S/C6H9FN4O2/c1-3(2-7)8-4-5(12)9-6(13)11-10-4/h3H,2H2,1H3,(H,8,10)(H2,9,11,12,13)/t3-/m0/s1. The maximum absolute atomic E-state index is 12.0. The van der Waals surface area contributed by atoms with Gasteiger partial charge in [-0.25, -0.2) is 14.3 Å². The lowest BCUT2D eigenvalue weighted by atomic mass is 10.4. The van der Waals surface area contributed by atoms with Crippen LogP contribution in [0.1, 0.15) is 6.92 Å². The number of aromatic amines is 2. The van der Waals surface area contributed by atoms with Crippen LogP contribution in [0.25, 0.3) is 0 Å². The molecule has 0 spiro atoms. The monoisotopic (exact) mass is 188 g/mol. The van der Waals surface area contributed by atoms with Gasteiger partial charge in [0.15, 0.2) is 0 Å². The van der Waals surface area contributed by atoms with Crippen molar-refractivity contribution in [3.05, 3.63) is 20.8 Å². The molecule has 1 atom stereocenters. The summed E-state index contributed by atoms with van der Waals surface area (Å²) in [4.78, 5) is 23.4. The number of alkyl halides is 1. The van der Waals surface area contributed by atoms with Crippen LogP contribution in [0.15, 0.2) is 9.59 Å². The highest BCUT2D eigenvalue weighted by Crippen LogP contribution is 1.93. The quantitative estimate of drug-likeness (QED) is 0.580. The van der Waals surface area contributed by atoms with Crippen molar-refractivity contribution in [2.75, 3.05) is 12.0 Å². The van der Waals surface area contributed by atoms with Crippen LogP contribution in [0, 0.1) is 0 Å². The Bertz CT molecular complexity index is 385. The van der Waals surface area contributed by atoms with E-state index in [9.17, 15) is 14.0 Å². The van der Waals surface area contributed by atoms with E-state index in [2.05, 4.69) is 10.4 Å². The second-order valence-electron chi connectivity index (χ2n) is 2.56. The molecule has 1 heterocycles. The van der Waals surface area contributed by atoms with Crippen LogP contribution >= 0.6 is 0 Å². The molecule has 0 fully saturated rings. The first-order chi connectivity index (χ1) is 6.13. The molecule has 72 valence electrons. The van der Waals surface area contributed by atoms with Gasteiger partial charge in [-0.15, -0.1) is 5.10 Å². The Morgan fingerprint density at radius 1 is 1.62 bits per heavy atom. The molecule has 1 aromatic heterocycles. The number of aromatic nitrogens is 3. The summed E-state index contributed by atoms with van der Waals surface area (Å²) < 4.78 is 12.0. The molecule has 0 aliphatic heterocycles. The fourth-order valence-corrected chi connectivity index (χ4v) is 0.718. The van der Waals surface area contributed by atoms with Crippen LogP contribution in [0.5, 0.6) is 0 Å². The first kappa shape index (κ1) is 9.43. The molecule has 0 unspecified atom stereocenters. The van der Waals surface area contributed by atoms with Crippen LogP contribution in [0.3, 0.4) is 0 Å². The van der Waals surface area contributed by atoms with Gasteiger partial charge in [0.1, 0.15) is 6.67 Å². The van der Waals surface area contributed by atoms with E-state index >= 15 is 0 Å². The molecule has 1 rings (SSSR count). The van der Waals surface area contributed by atoms with Crippen molar-refractivity contribution >= 4 is 5.82 Å². The van der Waals surface area contributed by atoms with Crippen LogP contribution in [-0.4, -0.2) is 27.9 Å². The third-order valence-electron chi connectivity index (χ3n) is 1.33. The Hall–Kier alpha value is -1.66. The van der Waals surface area contributed by atoms with Crippen molar-refractivity contribution in [2.24, 2.45) is 0 Å². The molecule has 0 aliphatic rings. The maximum Gasteiger partial charge on any atom is 0.342 e. The molecule has 0 bridgehead atoms. The summed E-state index contributed by atoms with van der Waals surface area (Å²) in [6.45, 7) is 0.923. The summed E-state index contributed by atoms with van der Waals surface area (Å²) in [5, 5.41) is 7.92. The summed E-state index contributed by atoms with van der Waals surface area (Å²) in [5.41, 5.74) is -1.35. The molecule has 0 aliphatic carbocycles. The maximum atomic E-state index is 12.0. The van der Waals surface area contributed by atoms with E-state index in [1.807, 2.05) is 10.1 Å². The van der Waals surface area contributed by atoms with Crippen molar-refractivity contribution in [3.8, 4) is 0 Å². The zero-order valence-corrected chi connectivity index (χ0v) is 6.93. The zero-order chi connectivity index (χ0) is 9.84. The second kappa shape index (κ2) is 3.83. The zero-order valence-electron chi connectivity index (χ0n) is 6.93. The Balaban J connectivity index is 2.90. The summed E-state index contributed by atoms with van der Waals surface area (Å²) in [6.07, 6.45) is 0. The molecular formula is C6H9FN4O2. The minimum absolute atomic E-state index is 0.0928. The van der Waals surface area contributed by atoms with Crippen molar-refractivity contribution in [1.82, 2.24) is 15.2 Å². The van der Waals surface area contributed by atoms with Crippen molar-refractivity contribution in [3.63, 3.8) is 0 Å². The van der Waals surface area contributed by atoms with E-state index in [1.165, 1.54) is 0 Å². The molecule has 1 aromatic rings. The van der Waals surface area contributed by atoms with Gasteiger partial charge in [0.25, 0.3) is 5.56 Å². The first-order valence-corrected chi connectivity index (χ1v) is 3.65. The fraction of sp³-hybridized carbons (Fsp3) is 0.500. The van der Waals surface area contributed by atoms with E-state index in [0.717, 1.165) is 0 Å². The van der Waals surface area contributed by atoms with Gasteiger partial charge in [-0.05, 0) is 6.92 Å². The number of hydrogen-bond donors (Lipinski definition) is 3. The van der Waals surface area contributed by atoms with E-state index < -0.39 is 24.0 Å². The number of anilines is 1. The first-order valence-electron chi connectivity index (χ1n) is 3.65. The lowest BCUT2D eigenvalue weighted by molar-refractivity contribution is 0.459. The van der Waals surface area contributed by atoms with Crippen LogP contribution in [0.4, 0.5) is 10.2 Å². The fourth-order valence-electron chi connectivity index (χ4n) is 0.718. The SMILES string of the molecule is C[C@@H](CF)Nc1n[nH]c(=O)[nH]c1=O. The topological polar surface area (TPSA) is 90.6 Å². The van der Waals surface area contributed by atoms with Gasteiger partial charge in [-0.2, -0.15) is 0 Å². The molecule has 3 N–H and O–H groups in total. The molecule has 0 aromatic carbocycles. The highest BCUT2D eigenvalue weighted by molar-refractivity contribution is 5.29. The minimum Gasteiger partial charge on any atom is -0.359 e. The Labute approximate surface area is 72.2 Å². The van der Waals surface area contributed by atoms with Crippen LogP contribution in [-0.2, 0) is 0 Å². The number of rotatable bonds is 3. The average molecular weight is 188 g/mol. The second-order valence-corrected chi connectivity index (χ2v) is 2.56. The van der Waals surface area contributed by atoms with Crippen LogP contribution in [0.2, 0.25) is 0 Å². The normalized spacial score (nSPS) is 12.5. The average Bonchev–Trinajstić information content (AvgIpc) is 2.09. The van der Waals surface area contributed by atoms with Gasteiger partial charge in [-0.1, -0.05) is 0 Å². The Morgan fingerprint density at radius 3 is 2.85 bits per heavy atom. The highest BCUT2D eigenvalue weighted by atomic mass is 19.1. The molecule has 0 saturated carbocycles. The lowest BCUT2D eigenvalue weighted by Gasteiger charge is -2.07.